The van der Waals surface area contributed by atoms with Crippen LogP contribution in [0.3, 0.4) is 0 Å². The molecular weight excluding hydrogens is 364 g/mol. The topological polar surface area (TPSA) is 76.7 Å². The molecule has 0 aromatic heterocycles. The van der Waals surface area contributed by atoms with Gasteiger partial charge in [0.05, 0.1) is 18.2 Å². The van der Waals surface area contributed by atoms with Crippen LogP contribution < -0.4 is 10.6 Å². The highest BCUT2D eigenvalue weighted by molar-refractivity contribution is 9.10. The Hall–Kier alpha value is -1.86. The molecule has 1 unspecified atom stereocenters. The van der Waals surface area contributed by atoms with Gasteiger partial charge in [0, 0.05) is 16.8 Å². The van der Waals surface area contributed by atoms with Gasteiger partial charge < -0.3 is 20.1 Å². The quantitative estimate of drug-likeness (QED) is 0.585. The molecule has 23 heavy (non-hydrogen) atoms. The van der Waals surface area contributed by atoms with Crippen LogP contribution in [-0.2, 0) is 14.3 Å². The summed E-state index contributed by atoms with van der Waals surface area (Å²) >= 11 is 3.37. The van der Waals surface area contributed by atoms with Gasteiger partial charge in [-0.2, -0.15) is 0 Å². The Morgan fingerprint density at radius 2 is 1.96 bits per heavy atom. The zero-order chi connectivity index (χ0) is 16.8. The Morgan fingerprint density at radius 1 is 1.26 bits per heavy atom. The second kappa shape index (κ2) is 8.12. The number of urea groups is 1. The Balaban J connectivity index is 2.20. The molecule has 0 radical (unpaired) electrons. The number of esters is 1. The van der Waals surface area contributed by atoms with Crippen molar-refractivity contribution in [1.82, 2.24) is 10.6 Å². The lowest BCUT2D eigenvalue weighted by Crippen LogP contribution is -2.45. The Labute approximate surface area is 143 Å². The van der Waals surface area contributed by atoms with E-state index >= 15 is 0 Å². The molecule has 0 bridgehead atoms. The predicted molar refractivity (Wildman–Crippen MR) is 88.7 cm³/mol. The number of carbonyl (C=O) groups is 2. The Bertz CT molecular complexity index is 613. The molecule has 1 aromatic carbocycles. The predicted octanol–water partition coefficient (Wildman–Crippen LogP) is 2.66. The third-order valence-electron chi connectivity index (χ3n) is 3.36. The summed E-state index contributed by atoms with van der Waals surface area (Å²) < 4.78 is 11.3. The number of halogens is 1. The van der Waals surface area contributed by atoms with Crippen LogP contribution in [0.25, 0.3) is 0 Å². The normalized spacial score (nSPS) is 17.5. The van der Waals surface area contributed by atoms with E-state index in [2.05, 4.69) is 26.6 Å². The van der Waals surface area contributed by atoms with Crippen LogP contribution in [0.15, 0.2) is 40.0 Å². The van der Waals surface area contributed by atoms with Gasteiger partial charge in [-0.05, 0) is 31.5 Å². The average Bonchev–Trinajstić information content (AvgIpc) is 2.51. The summed E-state index contributed by atoms with van der Waals surface area (Å²) in [5.41, 5.74) is 1.69. The molecule has 2 N–H and O–H groups in total. The van der Waals surface area contributed by atoms with Crippen molar-refractivity contribution in [3.05, 3.63) is 45.6 Å². The molecule has 1 heterocycles. The van der Waals surface area contributed by atoms with Crippen LogP contribution in [0.4, 0.5) is 4.79 Å². The largest absolute Gasteiger partial charge is 0.460 e. The molecule has 1 aliphatic heterocycles. The molecule has 0 fully saturated rings. The molecular formula is C16H19BrN2O4. The second-order valence-electron chi connectivity index (χ2n) is 4.95. The van der Waals surface area contributed by atoms with Gasteiger partial charge >= 0.3 is 12.0 Å². The number of rotatable bonds is 6. The first-order valence-electron chi connectivity index (χ1n) is 7.31. The molecule has 124 valence electrons. The van der Waals surface area contributed by atoms with Crippen molar-refractivity contribution in [2.24, 2.45) is 0 Å². The number of ether oxygens (including phenoxy) is 2. The fraction of sp³-hybridized carbons (Fsp3) is 0.375. The van der Waals surface area contributed by atoms with Gasteiger partial charge in [0.15, 0.2) is 0 Å². The molecule has 1 aromatic rings. The molecule has 2 amide bonds. The lowest BCUT2D eigenvalue weighted by atomic mass is 9.96. The van der Waals surface area contributed by atoms with E-state index in [4.69, 9.17) is 9.47 Å². The molecule has 0 saturated heterocycles. The van der Waals surface area contributed by atoms with Gasteiger partial charge in [0.2, 0.25) is 0 Å². The maximum absolute atomic E-state index is 12.4. The summed E-state index contributed by atoms with van der Waals surface area (Å²) in [6, 6.07) is 6.52. The molecule has 0 aliphatic carbocycles. The van der Waals surface area contributed by atoms with E-state index in [-0.39, 0.29) is 12.6 Å². The number of hydrogen-bond donors (Lipinski definition) is 2. The molecule has 6 nitrogen and oxygen atoms in total. The number of benzene rings is 1. The van der Waals surface area contributed by atoms with Crippen LogP contribution in [-0.4, -0.2) is 31.8 Å². The first-order valence-corrected chi connectivity index (χ1v) is 8.10. The maximum atomic E-state index is 12.4. The summed E-state index contributed by atoms with van der Waals surface area (Å²) in [5.74, 6) is -0.470. The zero-order valence-corrected chi connectivity index (χ0v) is 14.6. The van der Waals surface area contributed by atoms with Crippen LogP contribution in [0.1, 0.15) is 25.5 Å². The lowest BCUT2D eigenvalue weighted by Gasteiger charge is -2.28. The Kier molecular flexibility index (Phi) is 6.18. The number of allylic oxidation sites excluding steroid dienone is 1. The van der Waals surface area contributed by atoms with Crippen LogP contribution in [0, 0.1) is 0 Å². The third kappa shape index (κ3) is 4.56. The van der Waals surface area contributed by atoms with Crippen molar-refractivity contribution in [1.29, 1.82) is 0 Å². The van der Waals surface area contributed by atoms with Crippen molar-refractivity contribution in [2.45, 2.75) is 19.9 Å². The van der Waals surface area contributed by atoms with E-state index in [0.29, 0.717) is 24.5 Å². The number of hydrogen-bond acceptors (Lipinski definition) is 4. The van der Waals surface area contributed by atoms with Gasteiger partial charge in [-0.25, -0.2) is 9.59 Å². The minimum atomic E-state index is -0.545. The van der Waals surface area contributed by atoms with Crippen molar-refractivity contribution >= 4 is 27.9 Å². The van der Waals surface area contributed by atoms with E-state index in [0.717, 1.165) is 10.0 Å². The monoisotopic (exact) mass is 382 g/mol. The van der Waals surface area contributed by atoms with E-state index in [9.17, 15) is 9.59 Å². The maximum Gasteiger partial charge on any atom is 0.338 e. The van der Waals surface area contributed by atoms with E-state index < -0.39 is 12.0 Å². The van der Waals surface area contributed by atoms with Gasteiger partial charge in [0.25, 0.3) is 0 Å². The van der Waals surface area contributed by atoms with Crippen LogP contribution >= 0.6 is 15.9 Å². The molecule has 7 heteroatoms. The molecule has 1 aliphatic rings. The van der Waals surface area contributed by atoms with Gasteiger partial charge in [0.1, 0.15) is 6.61 Å². The van der Waals surface area contributed by atoms with Crippen LogP contribution in [0.2, 0.25) is 0 Å². The fourth-order valence-corrected chi connectivity index (χ4v) is 2.55. The molecule has 0 saturated carbocycles. The van der Waals surface area contributed by atoms with Crippen molar-refractivity contribution in [3.8, 4) is 0 Å². The summed E-state index contributed by atoms with van der Waals surface area (Å²) in [5, 5.41) is 5.37. The molecule has 2 rings (SSSR count). The fourth-order valence-electron chi connectivity index (χ4n) is 2.29. The highest BCUT2D eigenvalue weighted by Crippen LogP contribution is 2.28. The first kappa shape index (κ1) is 17.5. The van der Waals surface area contributed by atoms with E-state index in [1.165, 1.54) is 0 Å². The van der Waals surface area contributed by atoms with Crippen molar-refractivity contribution in [2.75, 3.05) is 19.8 Å². The van der Waals surface area contributed by atoms with Crippen molar-refractivity contribution < 1.29 is 19.1 Å². The number of nitrogens with one attached hydrogen (secondary N) is 2. The van der Waals surface area contributed by atoms with E-state index in [1.807, 2.05) is 31.2 Å². The summed E-state index contributed by atoms with van der Waals surface area (Å²) in [6.07, 6.45) is 0. The minimum absolute atomic E-state index is 0.171. The minimum Gasteiger partial charge on any atom is -0.460 e. The molecule has 1 atom stereocenters. The zero-order valence-electron chi connectivity index (χ0n) is 13.0. The second-order valence-corrected chi connectivity index (χ2v) is 5.87. The van der Waals surface area contributed by atoms with Crippen molar-refractivity contribution in [3.63, 3.8) is 0 Å². The first-order chi connectivity index (χ1) is 11.0. The summed E-state index contributed by atoms with van der Waals surface area (Å²) in [4.78, 5) is 24.1. The lowest BCUT2D eigenvalue weighted by molar-refractivity contribution is -0.141. The highest BCUT2D eigenvalue weighted by Gasteiger charge is 2.32. The van der Waals surface area contributed by atoms with Gasteiger partial charge in [-0.1, -0.05) is 28.1 Å². The van der Waals surface area contributed by atoms with Gasteiger partial charge in [-0.15, -0.1) is 0 Å². The summed E-state index contributed by atoms with van der Waals surface area (Å²) in [6.45, 7) is 4.64. The highest BCUT2D eigenvalue weighted by atomic mass is 79.9. The van der Waals surface area contributed by atoms with Gasteiger partial charge in [-0.3, -0.25) is 0 Å². The van der Waals surface area contributed by atoms with E-state index in [1.54, 1.807) is 6.92 Å². The van der Waals surface area contributed by atoms with Crippen LogP contribution in [0.5, 0.6) is 0 Å². The SMILES string of the molecule is CCOCCOC(=O)C1=C(C)NC(=O)NC1c1ccc(Br)cc1. The third-order valence-corrected chi connectivity index (χ3v) is 3.89. The summed E-state index contributed by atoms with van der Waals surface area (Å²) in [7, 11) is 0. The molecule has 0 spiro atoms. The number of carbonyl (C=O) groups excluding carboxylic acids is 2. The standard InChI is InChI=1S/C16H19BrN2O4/c1-3-22-8-9-23-15(20)13-10(2)18-16(21)19-14(13)11-4-6-12(17)7-5-11/h4-7,14H,3,8-9H2,1-2H3,(H2,18,19,21). The smallest absolute Gasteiger partial charge is 0.338 e. The Morgan fingerprint density at radius 3 is 2.61 bits per heavy atom. The average molecular weight is 383 g/mol. The number of amides is 2.